The summed E-state index contributed by atoms with van der Waals surface area (Å²) >= 11 is 0. The van der Waals surface area contributed by atoms with E-state index in [1.165, 1.54) is 0 Å². The molecule has 0 aliphatic rings. The highest BCUT2D eigenvalue weighted by Gasteiger charge is 2.17. The second-order valence-electron chi connectivity index (χ2n) is 14.9. The van der Waals surface area contributed by atoms with Gasteiger partial charge in [-0.2, -0.15) is 0 Å². The van der Waals surface area contributed by atoms with Gasteiger partial charge in [0, 0.05) is 49.5 Å². The number of hydrogen-bond acceptors (Lipinski definition) is 5. The molecule has 5 nitrogen and oxygen atoms in total. The first-order valence-electron chi connectivity index (χ1n) is 20.5. The zero-order valence-corrected chi connectivity index (χ0v) is 33.8. The van der Waals surface area contributed by atoms with Gasteiger partial charge >= 0.3 is 0 Å². The third kappa shape index (κ3) is 7.45. The predicted octanol–water partition coefficient (Wildman–Crippen LogP) is 12.9. The molecule has 0 N–H and O–H groups in total. The molecule has 0 amide bonds. The van der Waals surface area contributed by atoms with Crippen LogP contribution in [0, 0.1) is 0 Å². The van der Waals surface area contributed by atoms with Gasteiger partial charge in [0.05, 0.1) is 22.8 Å². The number of aromatic nitrogens is 4. The van der Waals surface area contributed by atoms with E-state index in [1.54, 1.807) is 0 Å². The Labute approximate surface area is 354 Å². The summed E-state index contributed by atoms with van der Waals surface area (Å²) in [5, 5.41) is 2.15. The zero-order valence-electron chi connectivity index (χ0n) is 33.8. The Balaban J connectivity index is 1.05. The average molecular weight is 785 g/mol. The van der Waals surface area contributed by atoms with Crippen molar-refractivity contribution in [2.45, 2.75) is 13.8 Å². The summed E-state index contributed by atoms with van der Waals surface area (Å²) < 4.78 is 6.61. The second-order valence-corrected chi connectivity index (χ2v) is 14.9. The summed E-state index contributed by atoms with van der Waals surface area (Å²) in [6.45, 7) is 4.08. The molecule has 3 heterocycles. The van der Waals surface area contributed by atoms with Gasteiger partial charge in [-0.3, -0.25) is 0 Å². The normalized spacial score (nSPS) is 12.0. The molecular weight excluding hydrogens is 745 g/mol. The van der Waals surface area contributed by atoms with E-state index in [4.69, 9.17) is 24.4 Å². The zero-order chi connectivity index (χ0) is 41.1. The number of furan rings is 1. The minimum absolute atomic E-state index is 0.671. The van der Waals surface area contributed by atoms with Gasteiger partial charge in [-0.25, -0.2) is 19.9 Å². The number of hydrogen-bond donors (Lipinski definition) is 0. The molecule has 0 saturated heterocycles. The van der Waals surface area contributed by atoms with Gasteiger partial charge in [0.25, 0.3) is 0 Å². The van der Waals surface area contributed by atoms with E-state index in [0.29, 0.717) is 11.6 Å². The number of benzene rings is 7. The Kier molecular flexibility index (Phi) is 9.97. The van der Waals surface area contributed by atoms with E-state index in [1.807, 2.05) is 85.8 Å². The fourth-order valence-corrected chi connectivity index (χ4v) is 7.92. The fraction of sp³-hybridized carbons (Fsp3) is 0.0357. The molecule has 3 aromatic heterocycles. The van der Waals surface area contributed by atoms with E-state index in [2.05, 4.69) is 134 Å². The van der Waals surface area contributed by atoms with Gasteiger partial charge in [0.1, 0.15) is 11.0 Å². The molecule has 7 aromatic carbocycles. The molecule has 0 fully saturated rings. The molecule has 10 rings (SSSR count). The van der Waals surface area contributed by atoms with Gasteiger partial charge in [-0.05, 0) is 60.9 Å². The molecule has 0 aliphatic carbocycles. The van der Waals surface area contributed by atoms with E-state index in [-0.39, 0.29) is 0 Å². The van der Waals surface area contributed by atoms with Gasteiger partial charge in [-0.15, -0.1) is 0 Å². The standard InChI is InChI=1S/C56H40N4O/c1-3-46-48-34-45(37-25-29-42(30-26-37)52-36-51(41-21-13-7-14-22-41)57-55(60-52)43-23-15-8-16-24-43)33-47(54(48)61-53(46)4-2)38-27-31-44(32-28-38)56-58-49(39-17-9-5-10-18-39)35-50(59-56)40-19-11-6-12-20-40/h3-36H,1-2H3/b46-3-,53-4+. The summed E-state index contributed by atoms with van der Waals surface area (Å²) in [4.78, 5) is 20.2. The Morgan fingerprint density at radius 2 is 0.721 bits per heavy atom. The maximum Gasteiger partial charge on any atom is 0.160 e. The quantitative estimate of drug-likeness (QED) is 0.154. The molecule has 0 spiro atoms. The first kappa shape index (κ1) is 37.3. The van der Waals surface area contributed by atoms with Crippen molar-refractivity contribution < 1.29 is 4.42 Å². The Bertz CT molecular complexity index is 3160. The molecular formula is C56H40N4O. The van der Waals surface area contributed by atoms with E-state index in [9.17, 15) is 0 Å². The minimum Gasteiger partial charge on any atom is -0.456 e. The SMILES string of the molecule is C/C=c1\c(=C/C)oc2c(-c3ccc(-c4nc(-c5ccccc5)cc(-c5ccccc5)n4)cc3)cc(-c3ccc(-c4cc(-c5ccccc5)nc(-c5ccccc5)n4)cc3)cc12. The van der Waals surface area contributed by atoms with E-state index in [0.717, 1.165) is 100 Å². The molecule has 0 radical (unpaired) electrons. The lowest BCUT2D eigenvalue weighted by Crippen LogP contribution is -2.18. The third-order valence-corrected chi connectivity index (χ3v) is 11.1. The van der Waals surface area contributed by atoms with Crippen molar-refractivity contribution in [2.24, 2.45) is 0 Å². The predicted molar refractivity (Wildman–Crippen MR) is 250 cm³/mol. The number of rotatable bonds is 8. The molecule has 0 aliphatic heterocycles. The lowest BCUT2D eigenvalue weighted by atomic mass is 9.95. The molecule has 5 heteroatoms. The Morgan fingerprint density at radius 3 is 1.16 bits per heavy atom. The first-order valence-corrected chi connectivity index (χ1v) is 20.5. The molecule has 290 valence electrons. The summed E-state index contributed by atoms with van der Waals surface area (Å²) in [6, 6.07) is 66.8. The monoisotopic (exact) mass is 784 g/mol. The summed E-state index contributed by atoms with van der Waals surface area (Å²) in [7, 11) is 0. The Morgan fingerprint density at radius 1 is 0.344 bits per heavy atom. The molecule has 61 heavy (non-hydrogen) atoms. The summed E-state index contributed by atoms with van der Waals surface area (Å²) in [5.41, 5.74) is 15.5. The van der Waals surface area contributed by atoms with Crippen molar-refractivity contribution in [3.63, 3.8) is 0 Å². The first-order chi connectivity index (χ1) is 30.1. The topological polar surface area (TPSA) is 64.7 Å². The van der Waals surface area contributed by atoms with Crippen LogP contribution in [0.4, 0.5) is 0 Å². The van der Waals surface area contributed by atoms with Crippen molar-refractivity contribution in [1.82, 2.24) is 19.9 Å². The van der Waals surface area contributed by atoms with Gasteiger partial charge in [0.15, 0.2) is 11.6 Å². The van der Waals surface area contributed by atoms with Crippen LogP contribution in [-0.2, 0) is 0 Å². The molecule has 10 aromatic rings. The Hall–Kier alpha value is -8.02. The van der Waals surface area contributed by atoms with Crippen LogP contribution in [0.3, 0.4) is 0 Å². The highest BCUT2D eigenvalue weighted by atomic mass is 16.3. The summed E-state index contributed by atoms with van der Waals surface area (Å²) in [6.07, 6.45) is 4.17. The molecule has 0 unspecified atom stereocenters. The lowest BCUT2D eigenvalue weighted by molar-refractivity contribution is 0.576. The number of nitrogens with zero attached hydrogens (tertiary/aromatic N) is 4. The van der Waals surface area contributed by atoms with Crippen LogP contribution in [0.25, 0.3) is 113 Å². The maximum absolute atomic E-state index is 6.61. The minimum atomic E-state index is 0.671. The van der Waals surface area contributed by atoms with Crippen molar-refractivity contribution in [2.75, 3.05) is 0 Å². The summed E-state index contributed by atoms with van der Waals surface area (Å²) in [5.74, 6) is 1.37. The highest BCUT2D eigenvalue weighted by molar-refractivity contribution is 5.97. The largest absolute Gasteiger partial charge is 0.456 e. The van der Waals surface area contributed by atoms with Crippen LogP contribution in [0.15, 0.2) is 199 Å². The van der Waals surface area contributed by atoms with E-state index >= 15 is 0 Å². The molecule has 0 saturated carbocycles. The van der Waals surface area contributed by atoms with Crippen LogP contribution < -0.4 is 10.6 Å². The fourth-order valence-electron chi connectivity index (χ4n) is 7.92. The van der Waals surface area contributed by atoms with Crippen LogP contribution in [0.5, 0.6) is 0 Å². The van der Waals surface area contributed by atoms with Gasteiger partial charge in [-0.1, -0.05) is 176 Å². The van der Waals surface area contributed by atoms with E-state index < -0.39 is 0 Å². The molecule has 0 bridgehead atoms. The lowest BCUT2D eigenvalue weighted by Gasteiger charge is -2.12. The number of fused-ring (bicyclic) bond motifs is 1. The van der Waals surface area contributed by atoms with Crippen molar-refractivity contribution in [3.8, 4) is 90.1 Å². The molecule has 0 atom stereocenters. The van der Waals surface area contributed by atoms with Crippen LogP contribution >= 0.6 is 0 Å². The maximum atomic E-state index is 6.61. The third-order valence-electron chi connectivity index (χ3n) is 11.1. The highest BCUT2D eigenvalue weighted by Crippen LogP contribution is 2.36. The van der Waals surface area contributed by atoms with Crippen LogP contribution in [-0.4, -0.2) is 19.9 Å². The van der Waals surface area contributed by atoms with Gasteiger partial charge in [0.2, 0.25) is 0 Å². The van der Waals surface area contributed by atoms with Crippen LogP contribution in [0.1, 0.15) is 13.8 Å². The average Bonchev–Trinajstić information content (AvgIpc) is 3.72. The van der Waals surface area contributed by atoms with Gasteiger partial charge < -0.3 is 4.42 Å². The van der Waals surface area contributed by atoms with Crippen LogP contribution in [0.2, 0.25) is 0 Å². The smallest absolute Gasteiger partial charge is 0.160 e. The van der Waals surface area contributed by atoms with Crippen molar-refractivity contribution in [3.05, 3.63) is 205 Å². The van der Waals surface area contributed by atoms with Crippen molar-refractivity contribution in [1.29, 1.82) is 0 Å². The second kappa shape index (κ2) is 16.3. The van der Waals surface area contributed by atoms with Crippen molar-refractivity contribution >= 4 is 23.1 Å².